The Balaban J connectivity index is 1.76. The molecule has 3 aromatic rings. The maximum Gasteiger partial charge on any atom is 0.276 e. The first-order valence-electron chi connectivity index (χ1n) is 10.1. The lowest BCUT2D eigenvalue weighted by Gasteiger charge is -2.12. The summed E-state index contributed by atoms with van der Waals surface area (Å²) in [5.41, 5.74) is 3.47. The molecule has 0 bridgehead atoms. The average Bonchev–Trinajstić information content (AvgIpc) is 2.79. The van der Waals surface area contributed by atoms with E-state index in [9.17, 15) is 9.59 Å². The number of rotatable bonds is 9. The number of hydrogen-bond acceptors (Lipinski definition) is 5. The molecule has 1 heterocycles. The Labute approximate surface area is 191 Å². The van der Waals surface area contributed by atoms with E-state index in [-0.39, 0.29) is 5.56 Å². The molecule has 0 atom stereocenters. The van der Waals surface area contributed by atoms with Crippen molar-refractivity contribution in [3.63, 3.8) is 0 Å². The van der Waals surface area contributed by atoms with Crippen LogP contribution in [0.25, 0.3) is 0 Å². The van der Waals surface area contributed by atoms with Crippen LogP contribution in [0.2, 0.25) is 5.02 Å². The van der Waals surface area contributed by atoms with Gasteiger partial charge in [-0.1, -0.05) is 36.7 Å². The van der Waals surface area contributed by atoms with Crippen LogP contribution in [0.15, 0.2) is 70.7 Å². The van der Waals surface area contributed by atoms with Crippen molar-refractivity contribution in [2.45, 2.75) is 19.9 Å². The highest BCUT2D eigenvalue weighted by molar-refractivity contribution is 6.30. The Bertz CT molecular complexity index is 1170. The molecule has 1 aromatic heterocycles. The van der Waals surface area contributed by atoms with Crippen LogP contribution in [0.5, 0.6) is 11.5 Å². The van der Waals surface area contributed by atoms with Crippen LogP contribution >= 0.6 is 11.6 Å². The molecule has 0 saturated heterocycles. The van der Waals surface area contributed by atoms with Crippen molar-refractivity contribution in [2.24, 2.45) is 5.10 Å². The van der Waals surface area contributed by atoms with Gasteiger partial charge < -0.3 is 14.0 Å². The van der Waals surface area contributed by atoms with Gasteiger partial charge in [-0.15, -0.1) is 0 Å². The Kier molecular flexibility index (Phi) is 8.05. The zero-order chi connectivity index (χ0) is 22.9. The number of hydrogen-bond donors (Lipinski definition) is 1. The number of methoxy groups -OCH3 is 1. The molecule has 1 amide bonds. The molecule has 166 valence electrons. The topological polar surface area (TPSA) is 81.9 Å². The number of aromatic nitrogens is 1. The number of ether oxygens (including phenoxy) is 2. The molecule has 7 nitrogen and oxygen atoms in total. The van der Waals surface area contributed by atoms with Crippen molar-refractivity contribution < 1.29 is 14.3 Å². The minimum Gasteiger partial charge on any atom is -0.493 e. The van der Waals surface area contributed by atoms with E-state index in [0.717, 1.165) is 12.0 Å². The maximum atomic E-state index is 12.8. The van der Waals surface area contributed by atoms with E-state index in [0.29, 0.717) is 35.2 Å². The largest absolute Gasteiger partial charge is 0.493 e. The predicted molar refractivity (Wildman–Crippen MR) is 125 cm³/mol. The third kappa shape index (κ3) is 5.76. The van der Waals surface area contributed by atoms with Gasteiger partial charge in [-0.05, 0) is 48.4 Å². The molecule has 8 heteroatoms. The molecule has 2 aromatic carbocycles. The smallest absolute Gasteiger partial charge is 0.276 e. The number of nitrogens with one attached hydrogen (secondary N) is 1. The molecule has 0 aliphatic heterocycles. The summed E-state index contributed by atoms with van der Waals surface area (Å²) < 4.78 is 12.5. The van der Waals surface area contributed by atoms with Gasteiger partial charge in [-0.25, -0.2) is 5.43 Å². The molecule has 3 rings (SSSR count). The fraction of sp³-hybridized carbons (Fsp3) is 0.208. The minimum absolute atomic E-state index is 0.0141. The van der Waals surface area contributed by atoms with Gasteiger partial charge in [0.1, 0.15) is 5.56 Å². The van der Waals surface area contributed by atoms with E-state index in [2.05, 4.69) is 10.5 Å². The van der Waals surface area contributed by atoms with Crippen LogP contribution in [0.1, 0.15) is 34.8 Å². The zero-order valence-corrected chi connectivity index (χ0v) is 18.6. The van der Waals surface area contributed by atoms with E-state index in [1.165, 1.54) is 16.8 Å². The van der Waals surface area contributed by atoms with Crippen LogP contribution in [0.4, 0.5) is 0 Å². The van der Waals surface area contributed by atoms with E-state index in [4.69, 9.17) is 21.1 Å². The molecule has 32 heavy (non-hydrogen) atoms. The second-order valence-electron chi connectivity index (χ2n) is 6.91. The van der Waals surface area contributed by atoms with Crippen molar-refractivity contribution in [1.82, 2.24) is 9.99 Å². The average molecular weight is 454 g/mol. The van der Waals surface area contributed by atoms with Crippen LogP contribution in [0, 0.1) is 0 Å². The van der Waals surface area contributed by atoms with Crippen molar-refractivity contribution in [3.05, 3.63) is 92.9 Å². The lowest BCUT2D eigenvalue weighted by atomic mass is 10.2. The normalized spacial score (nSPS) is 10.8. The van der Waals surface area contributed by atoms with Gasteiger partial charge >= 0.3 is 0 Å². The summed E-state index contributed by atoms with van der Waals surface area (Å²) >= 11 is 6.01. The second-order valence-corrected chi connectivity index (χ2v) is 7.35. The Morgan fingerprint density at radius 2 is 2.00 bits per heavy atom. The number of pyridine rings is 1. The number of hydrazone groups is 1. The molecular weight excluding hydrogens is 430 g/mol. The highest BCUT2D eigenvalue weighted by Crippen LogP contribution is 2.30. The van der Waals surface area contributed by atoms with E-state index in [1.807, 2.05) is 19.1 Å². The zero-order valence-electron chi connectivity index (χ0n) is 17.9. The van der Waals surface area contributed by atoms with Gasteiger partial charge in [0.2, 0.25) is 0 Å². The molecule has 0 spiro atoms. The Morgan fingerprint density at radius 1 is 1.19 bits per heavy atom. The fourth-order valence-corrected chi connectivity index (χ4v) is 3.25. The maximum absolute atomic E-state index is 12.8. The van der Waals surface area contributed by atoms with Crippen molar-refractivity contribution in [1.29, 1.82) is 0 Å². The van der Waals surface area contributed by atoms with Crippen LogP contribution in [0.3, 0.4) is 0 Å². The van der Waals surface area contributed by atoms with Crippen LogP contribution < -0.4 is 20.5 Å². The number of nitrogens with zero attached hydrogens (tertiary/aromatic N) is 2. The number of benzene rings is 2. The van der Waals surface area contributed by atoms with Gasteiger partial charge in [0.15, 0.2) is 11.5 Å². The fourth-order valence-electron chi connectivity index (χ4n) is 3.04. The monoisotopic (exact) mass is 453 g/mol. The first-order chi connectivity index (χ1) is 15.5. The summed E-state index contributed by atoms with van der Waals surface area (Å²) in [6.07, 6.45) is 3.91. The van der Waals surface area contributed by atoms with Crippen LogP contribution in [-0.2, 0) is 6.54 Å². The third-order valence-electron chi connectivity index (χ3n) is 4.56. The SMILES string of the molecule is CCCOc1c(/C=N\NC(=O)c2cccn(Cc3cccc(Cl)c3)c2=O)cccc1OC. The highest BCUT2D eigenvalue weighted by Gasteiger charge is 2.13. The number of carbonyl (C=O) groups excluding carboxylic acids is 1. The summed E-state index contributed by atoms with van der Waals surface area (Å²) in [6.45, 7) is 2.82. The number of amides is 1. The molecule has 0 unspecified atom stereocenters. The standard InChI is InChI=1S/C24H24ClN3O4/c1-3-13-32-22-18(8-5-11-21(22)31-2)15-26-27-23(29)20-10-6-12-28(24(20)30)16-17-7-4-9-19(25)14-17/h4-12,14-15H,3,13,16H2,1-2H3,(H,27,29)/b26-15-. The summed E-state index contributed by atoms with van der Waals surface area (Å²) in [5.74, 6) is 0.504. The van der Waals surface area contributed by atoms with E-state index in [1.54, 1.807) is 49.7 Å². The molecule has 1 N–H and O–H groups in total. The predicted octanol–water partition coefficient (Wildman–Crippen LogP) is 4.11. The summed E-state index contributed by atoms with van der Waals surface area (Å²) in [7, 11) is 1.56. The van der Waals surface area contributed by atoms with Gasteiger partial charge in [-0.2, -0.15) is 5.10 Å². The number of carbonyl (C=O) groups is 1. The quantitative estimate of drug-likeness (QED) is 0.390. The number of halogens is 1. The Morgan fingerprint density at radius 3 is 2.75 bits per heavy atom. The summed E-state index contributed by atoms with van der Waals surface area (Å²) in [6, 6.07) is 15.7. The van der Waals surface area contributed by atoms with Gasteiger partial charge in [0.05, 0.1) is 26.5 Å². The van der Waals surface area contributed by atoms with Gasteiger partial charge in [0, 0.05) is 16.8 Å². The van der Waals surface area contributed by atoms with Crippen LogP contribution in [-0.4, -0.2) is 30.4 Å². The van der Waals surface area contributed by atoms with Crippen molar-refractivity contribution in [3.8, 4) is 11.5 Å². The second kappa shape index (κ2) is 11.2. The number of para-hydroxylation sites is 1. The van der Waals surface area contributed by atoms with Crippen molar-refractivity contribution >= 4 is 23.7 Å². The van der Waals surface area contributed by atoms with Gasteiger partial charge in [-0.3, -0.25) is 9.59 Å². The molecule has 0 aliphatic rings. The lowest BCUT2D eigenvalue weighted by molar-refractivity contribution is 0.0953. The van der Waals surface area contributed by atoms with Gasteiger partial charge in [0.25, 0.3) is 11.5 Å². The van der Waals surface area contributed by atoms with Crippen molar-refractivity contribution in [2.75, 3.05) is 13.7 Å². The third-order valence-corrected chi connectivity index (χ3v) is 4.79. The molecule has 0 radical (unpaired) electrons. The summed E-state index contributed by atoms with van der Waals surface area (Å²) in [4.78, 5) is 25.3. The summed E-state index contributed by atoms with van der Waals surface area (Å²) in [5, 5.41) is 4.58. The van der Waals surface area contributed by atoms with E-state index < -0.39 is 11.5 Å². The first-order valence-corrected chi connectivity index (χ1v) is 10.5. The molecular formula is C24H24ClN3O4. The highest BCUT2D eigenvalue weighted by atomic mass is 35.5. The van der Waals surface area contributed by atoms with E-state index >= 15 is 0 Å². The molecule has 0 fully saturated rings. The lowest BCUT2D eigenvalue weighted by Crippen LogP contribution is -2.30. The molecule has 0 saturated carbocycles. The Hall–Kier alpha value is -3.58. The minimum atomic E-state index is -0.606. The first kappa shape index (κ1) is 23.1. The molecule has 0 aliphatic carbocycles.